The second-order valence-electron chi connectivity index (χ2n) is 6.81. The van der Waals surface area contributed by atoms with Crippen LogP contribution in [0.4, 0.5) is 13.2 Å². The van der Waals surface area contributed by atoms with E-state index in [1.54, 1.807) is 17.8 Å². The maximum Gasteiger partial charge on any atom is 0.416 e. The van der Waals surface area contributed by atoms with Gasteiger partial charge in [0.25, 0.3) is 0 Å². The van der Waals surface area contributed by atoms with Crippen LogP contribution in [0.15, 0.2) is 58.3 Å². The van der Waals surface area contributed by atoms with E-state index >= 15 is 0 Å². The van der Waals surface area contributed by atoms with Crippen LogP contribution in [0.1, 0.15) is 23.1 Å². The second kappa shape index (κ2) is 7.70. The highest BCUT2D eigenvalue weighted by atomic mass is 32.2. The molecule has 2 aromatic carbocycles. The van der Waals surface area contributed by atoms with Crippen LogP contribution in [0.2, 0.25) is 0 Å². The summed E-state index contributed by atoms with van der Waals surface area (Å²) >= 11 is 1.54. The standard InChI is InChI=1S/C21H21F3N2S/c22-21(23,24)15-7-8-20-18(14-15)16(17-4-1-2-6-19(17)27-20)5-3-11-26-12-9-25-10-13-26/h1-2,4-8,14,25H,3,9-13H2/b16-5-. The summed E-state index contributed by atoms with van der Waals surface area (Å²) < 4.78 is 39.7. The molecule has 2 aromatic rings. The molecule has 2 aliphatic heterocycles. The number of nitrogens with one attached hydrogen (secondary N) is 1. The molecule has 1 saturated heterocycles. The molecule has 0 amide bonds. The highest BCUT2D eigenvalue weighted by Crippen LogP contribution is 2.47. The van der Waals surface area contributed by atoms with Gasteiger partial charge in [0.05, 0.1) is 5.56 Å². The number of fused-ring (bicyclic) bond motifs is 2. The van der Waals surface area contributed by atoms with Crippen molar-refractivity contribution in [3.63, 3.8) is 0 Å². The number of alkyl halides is 3. The first-order valence-corrected chi connectivity index (χ1v) is 9.96. The van der Waals surface area contributed by atoms with Gasteiger partial charge < -0.3 is 10.2 Å². The normalized spacial score (nSPS) is 19.0. The average Bonchev–Trinajstić information content (AvgIpc) is 2.67. The van der Waals surface area contributed by atoms with Gasteiger partial charge in [0.1, 0.15) is 0 Å². The zero-order valence-corrected chi connectivity index (χ0v) is 15.7. The summed E-state index contributed by atoms with van der Waals surface area (Å²) in [6.07, 6.45) is -1.40. The van der Waals surface area contributed by atoms with Crippen LogP contribution < -0.4 is 5.32 Å². The molecule has 2 aliphatic rings. The fourth-order valence-corrected chi connectivity index (χ4v) is 4.68. The van der Waals surface area contributed by atoms with Gasteiger partial charge in [-0.2, -0.15) is 13.2 Å². The minimum Gasteiger partial charge on any atom is -0.314 e. The Labute approximate surface area is 161 Å². The van der Waals surface area contributed by atoms with Gasteiger partial charge in [-0.1, -0.05) is 36.0 Å². The molecule has 1 N–H and O–H groups in total. The van der Waals surface area contributed by atoms with Crippen LogP contribution in [0.5, 0.6) is 0 Å². The van der Waals surface area contributed by atoms with Gasteiger partial charge in [0, 0.05) is 42.5 Å². The van der Waals surface area contributed by atoms with Crippen molar-refractivity contribution in [1.82, 2.24) is 10.2 Å². The van der Waals surface area contributed by atoms with Gasteiger partial charge in [-0.25, -0.2) is 0 Å². The van der Waals surface area contributed by atoms with E-state index in [1.807, 2.05) is 24.3 Å². The maximum absolute atomic E-state index is 13.2. The van der Waals surface area contributed by atoms with E-state index in [2.05, 4.69) is 16.3 Å². The zero-order valence-electron chi connectivity index (χ0n) is 14.9. The Morgan fingerprint density at radius 1 is 1.00 bits per heavy atom. The van der Waals surface area contributed by atoms with Gasteiger partial charge >= 0.3 is 6.18 Å². The zero-order chi connectivity index (χ0) is 18.9. The van der Waals surface area contributed by atoms with Crippen LogP contribution in [0.25, 0.3) is 5.57 Å². The van der Waals surface area contributed by atoms with Crippen molar-refractivity contribution >= 4 is 17.3 Å². The smallest absolute Gasteiger partial charge is 0.314 e. The van der Waals surface area contributed by atoms with Crippen molar-refractivity contribution in [2.45, 2.75) is 22.4 Å². The van der Waals surface area contributed by atoms with Crippen LogP contribution in [-0.2, 0) is 6.18 Å². The van der Waals surface area contributed by atoms with Crippen LogP contribution in [0.3, 0.4) is 0 Å². The maximum atomic E-state index is 13.2. The lowest BCUT2D eigenvalue weighted by molar-refractivity contribution is -0.137. The first-order chi connectivity index (χ1) is 13.0. The van der Waals surface area contributed by atoms with Crippen LogP contribution >= 0.6 is 11.8 Å². The molecule has 0 spiro atoms. The minimum absolute atomic E-state index is 0.589. The van der Waals surface area contributed by atoms with E-state index < -0.39 is 11.7 Å². The molecule has 0 aliphatic carbocycles. The molecule has 0 unspecified atom stereocenters. The van der Waals surface area contributed by atoms with E-state index in [0.717, 1.165) is 60.1 Å². The number of nitrogens with zero attached hydrogens (tertiary/aromatic N) is 1. The summed E-state index contributed by atoms with van der Waals surface area (Å²) in [7, 11) is 0. The number of rotatable bonds is 3. The van der Waals surface area contributed by atoms with Crippen molar-refractivity contribution in [3.05, 3.63) is 65.2 Å². The fourth-order valence-electron chi connectivity index (χ4n) is 3.59. The topological polar surface area (TPSA) is 15.3 Å². The quantitative estimate of drug-likeness (QED) is 0.685. The third-order valence-corrected chi connectivity index (χ3v) is 6.15. The molecular formula is C21H21F3N2S. The van der Waals surface area contributed by atoms with Gasteiger partial charge in [-0.05, 0) is 47.4 Å². The SMILES string of the molecule is FC(F)(F)c1ccc2c(c1)/C(=C\CCN1CCNCC1)c1ccccc1S2. The number of hydrogen-bond donors (Lipinski definition) is 1. The number of benzene rings is 2. The van der Waals surface area contributed by atoms with E-state index in [1.165, 1.54) is 12.1 Å². The number of halogens is 3. The Kier molecular flexibility index (Phi) is 5.30. The third-order valence-electron chi connectivity index (χ3n) is 5.00. The van der Waals surface area contributed by atoms with E-state index in [4.69, 9.17) is 0 Å². The molecule has 142 valence electrons. The molecule has 0 aromatic heterocycles. The third kappa shape index (κ3) is 4.08. The fraction of sp³-hybridized carbons (Fsp3) is 0.333. The molecule has 0 saturated carbocycles. The summed E-state index contributed by atoms with van der Waals surface area (Å²) in [5, 5.41) is 3.33. The van der Waals surface area contributed by atoms with Crippen molar-refractivity contribution in [2.24, 2.45) is 0 Å². The van der Waals surface area contributed by atoms with Crippen molar-refractivity contribution in [1.29, 1.82) is 0 Å². The Hall–Kier alpha value is -1.76. The predicted molar refractivity (Wildman–Crippen MR) is 103 cm³/mol. The summed E-state index contributed by atoms with van der Waals surface area (Å²) in [6.45, 7) is 4.95. The molecule has 1 fully saturated rings. The van der Waals surface area contributed by atoms with Crippen molar-refractivity contribution in [3.8, 4) is 0 Å². The lowest BCUT2D eigenvalue weighted by Crippen LogP contribution is -2.43. The predicted octanol–water partition coefficient (Wildman–Crippen LogP) is 4.90. The lowest BCUT2D eigenvalue weighted by atomic mass is 9.94. The monoisotopic (exact) mass is 390 g/mol. The Morgan fingerprint density at radius 3 is 2.52 bits per heavy atom. The summed E-state index contributed by atoms with van der Waals surface area (Å²) in [4.78, 5) is 4.37. The highest BCUT2D eigenvalue weighted by Gasteiger charge is 2.32. The van der Waals surface area contributed by atoms with E-state index in [9.17, 15) is 13.2 Å². The second-order valence-corrected chi connectivity index (χ2v) is 7.89. The van der Waals surface area contributed by atoms with E-state index in [0.29, 0.717) is 5.56 Å². The summed E-state index contributed by atoms with van der Waals surface area (Å²) in [5.74, 6) is 0. The number of hydrogen-bond acceptors (Lipinski definition) is 3. The number of piperazine rings is 1. The minimum atomic E-state index is -4.33. The Bertz CT molecular complexity index is 855. The van der Waals surface area contributed by atoms with E-state index in [-0.39, 0.29) is 0 Å². The molecule has 0 radical (unpaired) electrons. The largest absolute Gasteiger partial charge is 0.416 e. The highest BCUT2D eigenvalue weighted by molar-refractivity contribution is 7.99. The van der Waals surface area contributed by atoms with Crippen molar-refractivity contribution in [2.75, 3.05) is 32.7 Å². The summed E-state index contributed by atoms with van der Waals surface area (Å²) in [5.41, 5.74) is 2.04. The van der Waals surface area contributed by atoms with Gasteiger partial charge in [0.15, 0.2) is 0 Å². The molecule has 2 heterocycles. The molecule has 0 bridgehead atoms. The van der Waals surface area contributed by atoms with Crippen LogP contribution in [0, 0.1) is 0 Å². The summed E-state index contributed by atoms with van der Waals surface area (Å²) in [6, 6.07) is 12.0. The molecule has 6 heteroatoms. The Morgan fingerprint density at radius 2 is 1.74 bits per heavy atom. The van der Waals surface area contributed by atoms with Gasteiger partial charge in [0.2, 0.25) is 0 Å². The van der Waals surface area contributed by atoms with Crippen LogP contribution in [-0.4, -0.2) is 37.6 Å². The first-order valence-electron chi connectivity index (χ1n) is 9.14. The van der Waals surface area contributed by atoms with Gasteiger partial charge in [-0.15, -0.1) is 0 Å². The molecular weight excluding hydrogens is 369 g/mol. The Balaban J connectivity index is 1.67. The molecule has 2 nitrogen and oxygen atoms in total. The lowest BCUT2D eigenvalue weighted by Gasteiger charge is -2.27. The average molecular weight is 390 g/mol. The molecule has 4 rings (SSSR count). The molecule has 0 atom stereocenters. The molecule has 27 heavy (non-hydrogen) atoms. The first kappa shape index (κ1) is 18.6. The van der Waals surface area contributed by atoms with Gasteiger partial charge in [-0.3, -0.25) is 0 Å². The van der Waals surface area contributed by atoms with Crippen molar-refractivity contribution < 1.29 is 13.2 Å².